The normalized spacial score (nSPS) is 20.8. The molecule has 0 aliphatic carbocycles. The summed E-state index contributed by atoms with van der Waals surface area (Å²) in [6.45, 7) is 1.68. The van der Waals surface area contributed by atoms with E-state index in [9.17, 15) is 9.90 Å². The van der Waals surface area contributed by atoms with E-state index < -0.39 is 0 Å². The average Bonchev–Trinajstić information content (AvgIpc) is 2.97. The first kappa shape index (κ1) is 11.4. The lowest BCUT2D eigenvalue weighted by atomic mass is 10.2. The topological polar surface area (TPSA) is 86.5 Å². The molecule has 1 atom stereocenters. The molecule has 0 unspecified atom stereocenters. The van der Waals surface area contributed by atoms with Gasteiger partial charge in [-0.25, -0.2) is 9.97 Å². The molecule has 2 N–H and O–H groups in total. The molecule has 3 heterocycles. The van der Waals surface area contributed by atoms with Crippen LogP contribution in [0.1, 0.15) is 18.5 Å². The number of aliphatic hydroxyl groups is 1. The van der Waals surface area contributed by atoms with Gasteiger partial charge in [0.25, 0.3) is 11.3 Å². The van der Waals surface area contributed by atoms with Crippen molar-refractivity contribution in [3.05, 3.63) is 28.4 Å². The summed E-state index contributed by atoms with van der Waals surface area (Å²) < 4.78 is 1.30. The molecule has 1 aliphatic rings. The molecule has 18 heavy (non-hydrogen) atoms. The van der Waals surface area contributed by atoms with Crippen LogP contribution in [0.3, 0.4) is 0 Å². The summed E-state index contributed by atoms with van der Waals surface area (Å²) >= 11 is 0. The van der Waals surface area contributed by atoms with Gasteiger partial charge in [-0.1, -0.05) is 0 Å². The van der Waals surface area contributed by atoms with Crippen molar-refractivity contribution in [3.8, 4) is 0 Å². The number of hydrogen-bond acceptors (Lipinski definition) is 5. The molecular formula is C11H15N5O2. The lowest BCUT2D eigenvalue weighted by molar-refractivity contribution is 0.152. The predicted molar refractivity (Wildman–Crippen MR) is 64.1 cm³/mol. The Morgan fingerprint density at radius 3 is 3.28 bits per heavy atom. The number of aromatic amines is 1. The lowest BCUT2D eigenvalue weighted by Gasteiger charge is -2.21. The number of nitrogens with zero attached hydrogens (tertiary/aromatic N) is 4. The maximum atomic E-state index is 11.8. The van der Waals surface area contributed by atoms with E-state index in [4.69, 9.17) is 0 Å². The van der Waals surface area contributed by atoms with Gasteiger partial charge in [0.2, 0.25) is 0 Å². The van der Waals surface area contributed by atoms with Crippen molar-refractivity contribution in [1.29, 1.82) is 0 Å². The minimum atomic E-state index is -0.160. The van der Waals surface area contributed by atoms with Crippen molar-refractivity contribution >= 4 is 5.78 Å². The second-order valence-electron chi connectivity index (χ2n) is 4.56. The standard InChI is InChI=1S/C11H15N5O2/c17-6-9-2-1-3-15(9)5-8-4-10(18)16-11(14-8)12-7-13-16/h4,7,9,17H,1-3,5-6H2,(H,12,13,14)/t9-/m1/s1. The molecule has 0 bridgehead atoms. The summed E-state index contributed by atoms with van der Waals surface area (Å²) in [5.74, 6) is 0.386. The molecule has 2 aromatic heterocycles. The number of aromatic nitrogens is 4. The van der Waals surface area contributed by atoms with E-state index in [1.807, 2.05) is 0 Å². The van der Waals surface area contributed by atoms with E-state index in [-0.39, 0.29) is 18.2 Å². The summed E-state index contributed by atoms with van der Waals surface area (Å²) in [6, 6.07) is 1.70. The Balaban J connectivity index is 1.88. The van der Waals surface area contributed by atoms with E-state index in [2.05, 4.69) is 20.0 Å². The molecule has 1 saturated heterocycles. The molecular weight excluding hydrogens is 234 g/mol. The van der Waals surface area contributed by atoms with Gasteiger partial charge < -0.3 is 5.11 Å². The Bertz CT molecular complexity index is 605. The van der Waals surface area contributed by atoms with Crippen LogP contribution in [0.2, 0.25) is 0 Å². The van der Waals surface area contributed by atoms with Gasteiger partial charge in [-0.15, -0.1) is 0 Å². The molecule has 96 valence electrons. The van der Waals surface area contributed by atoms with Crippen LogP contribution in [-0.2, 0) is 6.54 Å². The molecule has 7 heteroatoms. The molecule has 2 aromatic rings. The molecule has 0 saturated carbocycles. The first-order chi connectivity index (χ1) is 8.78. The molecule has 1 aliphatic heterocycles. The fraction of sp³-hybridized carbons (Fsp3) is 0.545. The third-order valence-corrected chi connectivity index (χ3v) is 3.40. The van der Waals surface area contributed by atoms with Gasteiger partial charge in [0.1, 0.15) is 6.33 Å². The Hall–Kier alpha value is -1.73. The Morgan fingerprint density at radius 2 is 2.44 bits per heavy atom. The molecule has 1 fully saturated rings. The first-order valence-electron chi connectivity index (χ1n) is 6.05. The van der Waals surface area contributed by atoms with Crippen LogP contribution in [0.25, 0.3) is 5.78 Å². The summed E-state index contributed by atoms with van der Waals surface area (Å²) in [5, 5.41) is 12.0. The second-order valence-corrected chi connectivity index (χ2v) is 4.56. The largest absolute Gasteiger partial charge is 0.395 e. The highest BCUT2D eigenvalue weighted by Gasteiger charge is 2.24. The minimum absolute atomic E-state index is 0.156. The van der Waals surface area contributed by atoms with Crippen molar-refractivity contribution in [2.75, 3.05) is 13.2 Å². The monoisotopic (exact) mass is 249 g/mol. The van der Waals surface area contributed by atoms with E-state index in [1.165, 1.54) is 16.9 Å². The van der Waals surface area contributed by atoms with Crippen molar-refractivity contribution in [2.24, 2.45) is 0 Å². The van der Waals surface area contributed by atoms with Crippen molar-refractivity contribution in [2.45, 2.75) is 25.4 Å². The van der Waals surface area contributed by atoms with E-state index in [0.29, 0.717) is 18.0 Å². The molecule has 0 amide bonds. The van der Waals surface area contributed by atoms with E-state index in [1.54, 1.807) is 0 Å². The Morgan fingerprint density at radius 1 is 1.56 bits per heavy atom. The molecule has 0 aromatic carbocycles. The quantitative estimate of drug-likeness (QED) is 0.756. The van der Waals surface area contributed by atoms with Gasteiger partial charge in [0.15, 0.2) is 0 Å². The number of likely N-dealkylation sites (tertiary alicyclic amines) is 1. The minimum Gasteiger partial charge on any atom is -0.395 e. The fourth-order valence-corrected chi connectivity index (χ4v) is 2.47. The maximum Gasteiger partial charge on any atom is 0.274 e. The smallest absolute Gasteiger partial charge is 0.274 e. The SMILES string of the molecule is O=c1cc(CN2CCC[C@@H]2CO)nc2nc[nH]n12. The van der Waals surface area contributed by atoms with Crippen LogP contribution in [0.4, 0.5) is 0 Å². The van der Waals surface area contributed by atoms with Gasteiger partial charge in [0.05, 0.1) is 12.3 Å². The van der Waals surface area contributed by atoms with Crippen molar-refractivity contribution in [1.82, 2.24) is 24.5 Å². The van der Waals surface area contributed by atoms with Crippen LogP contribution in [0.15, 0.2) is 17.2 Å². The average molecular weight is 249 g/mol. The van der Waals surface area contributed by atoms with Gasteiger partial charge in [-0.05, 0) is 19.4 Å². The molecule has 0 radical (unpaired) electrons. The van der Waals surface area contributed by atoms with Gasteiger partial charge in [-0.3, -0.25) is 14.8 Å². The third kappa shape index (κ3) is 1.91. The van der Waals surface area contributed by atoms with Crippen LogP contribution in [-0.4, -0.2) is 48.8 Å². The van der Waals surface area contributed by atoms with E-state index >= 15 is 0 Å². The van der Waals surface area contributed by atoms with E-state index in [0.717, 1.165) is 19.4 Å². The number of H-pyrrole nitrogens is 1. The van der Waals surface area contributed by atoms with Crippen molar-refractivity contribution in [3.63, 3.8) is 0 Å². The van der Waals surface area contributed by atoms with Crippen LogP contribution in [0, 0.1) is 0 Å². The first-order valence-corrected chi connectivity index (χ1v) is 6.05. The highest BCUT2D eigenvalue weighted by Crippen LogP contribution is 2.18. The summed E-state index contributed by atoms with van der Waals surface area (Å²) in [6.07, 6.45) is 3.52. The number of aliphatic hydroxyl groups excluding tert-OH is 1. The number of nitrogens with one attached hydrogen (secondary N) is 1. The maximum absolute atomic E-state index is 11.8. The van der Waals surface area contributed by atoms with Crippen LogP contribution >= 0.6 is 0 Å². The lowest BCUT2D eigenvalue weighted by Crippen LogP contribution is -2.32. The summed E-state index contributed by atoms with van der Waals surface area (Å²) in [7, 11) is 0. The van der Waals surface area contributed by atoms with Crippen LogP contribution < -0.4 is 5.56 Å². The highest BCUT2D eigenvalue weighted by molar-refractivity contribution is 5.26. The number of hydrogen-bond donors (Lipinski definition) is 2. The predicted octanol–water partition coefficient (Wildman–Crippen LogP) is -0.626. The second kappa shape index (κ2) is 4.51. The zero-order valence-electron chi connectivity index (χ0n) is 9.91. The third-order valence-electron chi connectivity index (χ3n) is 3.40. The molecule has 7 nitrogen and oxygen atoms in total. The van der Waals surface area contributed by atoms with Gasteiger partial charge in [0, 0.05) is 18.7 Å². The zero-order valence-corrected chi connectivity index (χ0v) is 9.91. The number of rotatable bonds is 3. The summed E-state index contributed by atoms with van der Waals surface area (Å²) in [4.78, 5) is 22.2. The highest BCUT2D eigenvalue weighted by atomic mass is 16.3. The zero-order chi connectivity index (χ0) is 12.5. The van der Waals surface area contributed by atoms with Gasteiger partial charge >= 0.3 is 0 Å². The van der Waals surface area contributed by atoms with Gasteiger partial charge in [-0.2, -0.15) is 4.52 Å². The van der Waals surface area contributed by atoms with Crippen molar-refractivity contribution < 1.29 is 5.11 Å². The Kier molecular flexibility index (Phi) is 2.85. The summed E-state index contributed by atoms with van der Waals surface area (Å²) in [5.41, 5.74) is 0.541. The van der Waals surface area contributed by atoms with Crippen LogP contribution in [0.5, 0.6) is 0 Å². The fourth-order valence-electron chi connectivity index (χ4n) is 2.47. The number of fused-ring (bicyclic) bond motifs is 1. The Labute approximate surface area is 103 Å². The molecule has 0 spiro atoms. The molecule has 3 rings (SSSR count).